The molecule has 1 fully saturated rings. The second-order valence-electron chi connectivity index (χ2n) is 4.49. The van der Waals surface area contributed by atoms with Crippen molar-refractivity contribution < 1.29 is 18.9 Å². The molecule has 0 amide bonds. The molecule has 0 aromatic carbocycles. The topological polar surface area (TPSA) is 36.9 Å². The van der Waals surface area contributed by atoms with Crippen LogP contribution in [0.5, 0.6) is 0 Å². The molecule has 4 atom stereocenters. The molecular weight excluding hydrogens is 207 g/mol. The molecule has 16 heavy (non-hydrogen) atoms. The second-order valence-corrected chi connectivity index (χ2v) is 4.49. The Hall–Kier alpha value is -0.0951. The Kier molecular flexibility index (Phi) is 5.76. The molecule has 1 rings (SSSR count). The number of hydrogen-bond acceptors (Lipinski definition) is 4. The summed E-state index contributed by atoms with van der Waals surface area (Å²) in [4.78, 5) is 0. The van der Waals surface area contributed by atoms with Gasteiger partial charge in [-0.05, 0) is 5.92 Å². The van der Waals surface area contributed by atoms with E-state index in [9.17, 15) is 0 Å². The minimum Gasteiger partial charge on any atom is -0.382 e. The Balaban J connectivity index is 2.53. The lowest BCUT2D eigenvalue weighted by atomic mass is 9.92. The van der Waals surface area contributed by atoms with Crippen LogP contribution in [0.15, 0.2) is 0 Å². The van der Waals surface area contributed by atoms with Gasteiger partial charge in [0.15, 0.2) is 0 Å². The fourth-order valence-corrected chi connectivity index (χ4v) is 1.83. The Morgan fingerprint density at radius 3 is 2.44 bits per heavy atom. The van der Waals surface area contributed by atoms with Gasteiger partial charge in [-0.1, -0.05) is 13.8 Å². The number of ether oxygens (including phenoxy) is 4. The molecule has 1 aliphatic rings. The van der Waals surface area contributed by atoms with E-state index >= 15 is 0 Å². The summed E-state index contributed by atoms with van der Waals surface area (Å²) < 4.78 is 21.7. The monoisotopic (exact) mass is 228 g/mol. The van der Waals surface area contributed by atoms with Crippen LogP contribution in [0.4, 0.5) is 0 Å². The average Bonchev–Trinajstić information content (AvgIpc) is 2.51. The first-order chi connectivity index (χ1) is 7.60. The maximum Gasteiger partial charge on any atom is 0.113 e. The molecule has 0 N–H and O–H groups in total. The zero-order valence-electron chi connectivity index (χ0n) is 10.5. The summed E-state index contributed by atoms with van der Waals surface area (Å²) in [6.45, 7) is 5.31. The molecule has 0 aromatic heterocycles. The summed E-state index contributed by atoms with van der Waals surface area (Å²) in [5, 5.41) is 0. The molecule has 5 heteroatoms. The van der Waals surface area contributed by atoms with Crippen LogP contribution in [0.3, 0.4) is 0 Å². The predicted molar refractivity (Wildman–Crippen MR) is 61.7 cm³/mol. The van der Waals surface area contributed by atoms with Gasteiger partial charge < -0.3 is 18.9 Å². The highest BCUT2D eigenvalue weighted by Gasteiger charge is 2.42. The summed E-state index contributed by atoms with van der Waals surface area (Å²) in [6, 6.07) is -0.441. The van der Waals surface area contributed by atoms with Crippen molar-refractivity contribution in [2.45, 2.75) is 38.2 Å². The highest BCUT2D eigenvalue weighted by atomic mass is 16.6. The van der Waals surface area contributed by atoms with Crippen LogP contribution in [0.2, 0.25) is 0 Å². The maximum atomic E-state index is 5.87. The van der Waals surface area contributed by atoms with Crippen molar-refractivity contribution in [3.05, 3.63) is 0 Å². The molecule has 2 radical (unpaired) electrons. The summed E-state index contributed by atoms with van der Waals surface area (Å²) in [5.74, 6) is 0.464. The van der Waals surface area contributed by atoms with Crippen LogP contribution < -0.4 is 0 Å². The van der Waals surface area contributed by atoms with E-state index in [0.29, 0.717) is 19.1 Å². The number of methoxy groups -OCH3 is 2. The van der Waals surface area contributed by atoms with Crippen molar-refractivity contribution in [1.82, 2.24) is 0 Å². The molecule has 1 saturated heterocycles. The van der Waals surface area contributed by atoms with Crippen LogP contribution in [-0.2, 0) is 18.9 Å². The van der Waals surface area contributed by atoms with Gasteiger partial charge in [0, 0.05) is 26.8 Å². The van der Waals surface area contributed by atoms with Gasteiger partial charge in [0.1, 0.15) is 26.2 Å². The molecular formula is C11H21BO4. The van der Waals surface area contributed by atoms with Crippen molar-refractivity contribution in [3.63, 3.8) is 0 Å². The summed E-state index contributed by atoms with van der Waals surface area (Å²) in [7, 11) is 9.14. The zero-order chi connectivity index (χ0) is 12.1. The van der Waals surface area contributed by atoms with E-state index in [1.54, 1.807) is 14.2 Å². The minimum absolute atomic E-state index is 0.151. The highest BCUT2D eigenvalue weighted by Crippen LogP contribution is 2.25. The molecule has 1 unspecified atom stereocenters. The van der Waals surface area contributed by atoms with Crippen LogP contribution in [0.25, 0.3) is 0 Å². The van der Waals surface area contributed by atoms with Crippen LogP contribution in [0, 0.1) is 5.92 Å². The SMILES string of the molecule is [B][C@@H]1O[C@H](COC)C(OC)[C@@H]1OCC(C)C. The third kappa shape index (κ3) is 3.45. The van der Waals surface area contributed by atoms with Gasteiger partial charge in [0.25, 0.3) is 0 Å². The first-order valence-electron chi connectivity index (χ1n) is 5.64. The van der Waals surface area contributed by atoms with Gasteiger partial charge in [-0.25, -0.2) is 0 Å². The molecule has 0 spiro atoms. The van der Waals surface area contributed by atoms with E-state index in [4.69, 9.17) is 26.8 Å². The van der Waals surface area contributed by atoms with Gasteiger partial charge in [-0.2, -0.15) is 0 Å². The molecule has 92 valence electrons. The molecule has 0 aromatic rings. The van der Waals surface area contributed by atoms with E-state index in [1.807, 2.05) is 0 Å². The summed E-state index contributed by atoms with van der Waals surface area (Å²) >= 11 is 0. The van der Waals surface area contributed by atoms with Crippen molar-refractivity contribution in [2.24, 2.45) is 5.92 Å². The predicted octanol–water partition coefficient (Wildman–Crippen LogP) is 0.582. The normalized spacial score (nSPS) is 34.8. The standard InChI is InChI=1S/C11H21BO4/c1-7(2)5-15-10-9(14-4)8(6-13-3)16-11(10)12/h7-11H,5-6H2,1-4H3/t8-,9?,10+,11-/m1/s1. The van der Waals surface area contributed by atoms with Gasteiger partial charge in [0.2, 0.25) is 0 Å². The molecule has 4 nitrogen and oxygen atoms in total. The summed E-state index contributed by atoms with van der Waals surface area (Å²) in [6.07, 6.45) is -0.525. The summed E-state index contributed by atoms with van der Waals surface area (Å²) in [5.41, 5.74) is 0. The van der Waals surface area contributed by atoms with E-state index < -0.39 is 6.00 Å². The Morgan fingerprint density at radius 2 is 1.94 bits per heavy atom. The first-order valence-corrected chi connectivity index (χ1v) is 5.64. The quantitative estimate of drug-likeness (QED) is 0.623. The number of hydrogen-bond donors (Lipinski definition) is 0. The van der Waals surface area contributed by atoms with Crippen LogP contribution in [0.1, 0.15) is 13.8 Å². The minimum atomic E-state index is -0.441. The fraction of sp³-hybridized carbons (Fsp3) is 1.00. The van der Waals surface area contributed by atoms with E-state index in [-0.39, 0.29) is 18.3 Å². The molecule has 0 aliphatic carbocycles. The van der Waals surface area contributed by atoms with Gasteiger partial charge in [-0.3, -0.25) is 0 Å². The van der Waals surface area contributed by atoms with Gasteiger partial charge >= 0.3 is 0 Å². The largest absolute Gasteiger partial charge is 0.382 e. The van der Waals surface area contributed by atoms with Crippen LogP contribution >= 0.6 is 0 Å². The Morgan fingerprint density at radius 1 is 1.25 bits per heavy atom. The third-order valence-corrected chi connectivity index (χ3v) is 2.57. The van der Waals surface area contributed by atoms with E-state index in [2.05, 4.69) is 13.8 Å². The van der Waals surface area contributed by atoms with E-state index in [0.717, 1.165) is 0 Å². The van der Waals surface area contributed by atoms with Gasteiger partial charge in [-0.15, -0.1) is 0 Å². The van der Waals surface area contributed by atoms with E-state index in [1.165, 1.54) is 0 Å². The van der Waals surface area contributed by atoms with Crippen molar-refractivity contribution in [3.8, 4) is 0 Å². The first kappa shape index (κ1) is 14.0. The lowest BCUT2D eigenvalue weighted by Crippen LogP contribution is -2.39. The van der Waals surface area contributed by atoms with Crippen molar-refractivity contribution >= 4 is 7.85 Å². The lowest BCUT2D eigenvalue weighted by Gasteiger charge is -2.23. The molecule has 0 saturated carbocycles. The third-order valence-electron chi connectivity index (χ3n) is 2.57. The lowest BCUT2D eigenvalue weighted by molar-refractivity contribution is -0.0601. The average molecular weight is 228 g/mol. The molecule has 1 heterocycles. The molecule has 1 aliphatic heterocycles. The maximum absolute atomic E-state index is 5.87. The van der Waals surface area contributed by atoms with Crippen LogP contribution in [-0.4, -0.2) is 59.6 Å². The highest BCUT2D eigenvalue weighted by molar-refractivity contribution is 6.11. The fourth-order valence-electron chi connectivity index (χ4n) is 1.83. The second kappa shape index (κ2) is 6.59. The Bertz CT molecular complexity index is 200. The molecule has 0 bridgehead atoms. The zero-order valence-corrected chi connectivity index (χ0v) is 10.5. The number of rotatable bonds is 6. The van der Waals surface area contributed by atoms with Crippen molar-refractivity contribution in [1.29, 1.82) is 0 Å². The van der Waals surface area contributed by atoms with Gasteiger partial charge in [0.05, 0.1) is 6.61 Å². The van der Waals surface area contributed by atoms with Crippen molar-refractivity contribution in [2.75, 3.05) is 27.4 Å². The Labute approximate surface area is 99.0 Å². The smallest absolute Gasteiger partial charge is 0.113 e.